The number of piperazine rings is 1. The zero-order chi connectivity index (χ0) is 41.8. The molecule has 1 aliphatic heterocycles. The Bertz CT molecular complexity index is 916. The van der Waals surface area contributed by atoms with Gasteiger partial charge in [0.2, 0.25) is 0 Å². The maximum absolute atomic E-state index is 13.2. The van der Waals surface area contributed by atoms with Gasteiger partial charge in [-0.1, -0.05) is 144 Å². The molecule has 0 spiro atoms. The Kier molecular flexibility index (Phi) is 34.9. The summed E-state index contributed by atoms with van der Waals surface area (Å²) in [4.78, 5) is 46.5. The zero-order valence-corrected chi connectivity index (χ0v) is 38.5. The number of carbonyl (C=O) groups excluding carboxylic acids is 3. The molecule has 0 saturated carbocycles. The predicted octanol–water partition coefficient (Wildman–Crippen LogP) is 11.2. The second kappa shape index (κ2) is 37.3. The number of hydrogen-bond acceptors (Lipinski definition) is 9. The number of ether oxygens (including phenoxy) is 3. The standard InChI is InChI=1S/C48H93N3O6/c1-7-13-19-22-26-43(25-16-10-4)48(54)55-42-41-51-39-37-50(38-40-51)36-35-49(33-31-46(52)56-44(27-17-11-5)29-23-20-14-8-2)34-32-47(53)57-45(28-18-12-6)30-24-21-15-9-3/h43-45H,7-42H2,1-6H3. The van der Waals surface area contributed by atoms with Gasteiger partial charge >= 0.3 is 17.9 Å². The summed E-state index contributed by atoms with van der Waals surface area (Å²) >= 11 is 0. The van der Waals surface area contributed by atoms with Gasteiger partial charge in [-0.15, -0.1) is 0 Å². The fraction of sp³-hybridized carbons (Fsp3) is 0.938. The van der Waals surface area contributed by atoms with Gasteiger partial charge in [0.05, 0.1) is 18.8 Å². The molecule has 57 heavy (non-hydrogen) atoms. The second-order valence-electron chi connectivity index (χ2n) is 17.1. The third kappa shape index (κ3) is 29.2. The average molecular weight is 808 g/mol. The molecule has 0 N–H and O–H groups in total. The van der Waals surface area contributed by atoms with Crippen LogP contribution in [0, 0.1) is 5.92 Å². The first-order valence-electron chi connectivity index (χ1n) is 24.5. The normalized spacial score (nSPS) is 15.4. The van der Waals surface area contributed by atoms with Gasteiger partial charge in [-0.25, -0.2) is 0 Å². The Labute approximate surface area is 352 Å². The van der Waals surface area contributed by atoms with Gasteiger partial charge in [0, 0.05) is 58.9 Å². The molecular weight excluding hydrogens is 715 g/mol. The Hall–Kier alpha value is -1.71. The lowest BCUT2D eigenvalue weighted by molar-refractivity contribution is -0.151. The summed E-state index contributed by atoms with van der Waals surface area (Å²) in [6.07, 6.45) is 27.1. The highest BCUT2D eigenvalue weighted by molar-refractivity contribution is 5.72. The van der Waals surface area contributed by atoms with Crippen LogP contribution >= 0.6 is 0 Å². The Morgan fingerprint density at radius 2 is 0.860 bits per heavy atom. The third-order valence-electron chi connectivity index (χ3n) is 11.9. The summed E-state index contributed by atoms with van der Waals surface area (Å²) in [6, 6.07) is 0. The van der Waals surface area contributed by atoms with Gasteiger partial charge in [-0.2, -0.15) is 0 Å². The van der Waals surface area contributed by atoms with E-state index in [4.69, 9.17) is 14.2 Å². The lowest BCUT2D eigenvalue weighted by atomic mass is 9.95. The van der Waals surface area contributed by atoms with E-state index in [0.717, 1.165) is 142 Å². The van der Waals surface area contributed by atoms with Gasteiger partial charge in [0.1, 0.15) is 18.8 Å². The molecule has 0 aromatic heterocycles. The highest BCUT2D eigenvalue weighted by atomic mass is 16.5. The average Bonchev–Trinajstić information content (AvgIpc) is 3.21. The quantitative estimate of drug-likeness (QED) is 0.0342. The number of hydrogen-bond donors (Lipinski definition) is 0. The SMILES string of the molecule is CCCCCCC(CCCC)OC(=O)CCN(CCC(=O)OC(CCCC)CCCCCC)CCN1CCN(CCOC(=O)C(CCCC)CCCCCC)CC1. The van der Waals surface area contributed by atoms with Crippen molar-refractivity contribution in [3.05, 3.63) is 0 Å². The molecule has 1 heterocycles. The van der Waals surface area contributed by atoms with E-state index in [1.165, 1.54) is 57.8 Å². The maximum atomic E-state index is 13.2. The lowest BCUT2D eigenvalue weighted by Gasteiger charge is -2.35. The molecule has 1 fully saturated rings. The highest BCUT2D eigenvalue weighted by Gasteiger charge is 2.23. The van der Waals surface area contributed by atoms with Crippen molar-refractivity contribution in [2.24, 2.45) is 5.92 Å². The molecule has 3 unspecified atom stereocenters. The maximum Gasteiger partial charge on any atom is 0.308 e. The fourth-order valence-electron chi connectivity index (χ4n) is 7.87. The van der Waals surface area contributed by atoms with Crippen LogP contribution in [0.4, 0.5) is 0 Å². The van der Waals surface area contributed by atoms with Gasteiger partial charge in [0.15, 0.2) is 0 Å². The van der Waals surface area contributed by atoms with E-state index < -0.39 is 0 Å². The van der Waals surface area contributed by atoms with Crippen LogP contribution in [-0.2, 0) is 28.6 Å². The monoisotopic (exact) mass is 808 g/mol. The molecule has 0 amide bonds. The van der Waals surface area contributed by atoms with Crippen molar-refractivity contribution in [1.82, 2.24) is 14.7 Å². The highest BCUT2D eigenvalue weighted by Crippen LogP contribution is 2.20. The molecule has 0 aromatic carbocycles. The number of rotatable bonds is 39. The van der Waals surface area contributed by atoms with Crippen LogP contribution in [-0.4, -0.2) is 110 Å². The number of unbranched alkanes of at least 4 members (excludes halogenated alkanes) is 12. The van der Waals surface area contributed by atoms with E-state index in [2.05, 4.69) is 56.2 Å². The minimum absolute atomic E-state index is 0.00153. The van der Waals surface area contributed by atoms with Crippen LogP contribution in [0.15, 0.2) is 0 Å². The first-order chi connectivity index (χ1) is 27.8. The van der Waals surface area contributed by atoms with E-state index >= 15 is 0 Å². The molecule has 3 atom stereocenters. The van der Waals surface area contributed by atoms with Crippen molar-refractivity contribution in [3.63, 3.8) is 0 Å². The van der Waals surface area contributed by atoms with Crippen LogP contribution in [0.5, 0.6) is 0 Å². The molecule has 9 heteroatoms. The number of nitrogens with zero attached hydrogens (tertiary/aromatic N) is 3. The Morgan fingerprint density at radius 1 is 0.474 bits per heavy atom. The Morgan fingerprint density at radius 3 is 1.32 bits per heavy atom. The summed E-state index contributed by atoms with van der Waals surface area (Å²) < 4.78 is 17.9. The first-order valence-corrected chi connectivity index (χ1v) is 24.5. The molecule has 0 aliphatic carbocycles. The second-order valence-corrected chi connectivity index (χ2v) is 17.1. The van der Waals surface area contributed by atoms with Gasteiger partial charge in [-0.05, 0) is 51.4 Å². The molecule has 0 aromatic rings. The van der Waals surface area contributed by atoms with E-state index in [9.17, 15) is 14.4 Å². The van der Waals surface area contributed by atoms with Crippen LogP contribution in [0.1, 0.15) is 208 Å². The van der Waals surface area contributed by atoms with Crippen LogP contribution in [0.3, 0.4) is 0 Å². The van der Waals surface area contributed by atoms with Crippen LogP contribution < -0.4 is 0 Å². The van der Waals surface area contributed by atoms with Gasteiger partial charge in [0.25, 0.3) is 0 Å². The van der Waals surface area contributed by atoms with Crippen molar-refractivity contribution in [1.29, 1.82) is 0 Å². The van der Waals surface area contributed by atoms with E-state index in [1.807, 2.05) is 0 Å². The van der Waals surface area contributed by atoms with Crippen molar-refractivity contribution >= 4 is 17.9 Å². The largest absolute Gasteiger partial charge is 0.464 e. The minimum atomic E-state index is -0.117. The van der Waals surface area contributed by atoms with Crippen LogP contribution in [0.25, 0.3) is 0 Å². The smallest absolute Gasteiger partial charge is 0.308 e. The minimum Gasteiger partial charge on any atom is -0.464 e. The molecule has 0 bridgehead atoms. The molecule has 336 valence electrons. The van der Waals surface area contributed by atoms with Crippen molar-refractivity contribution in [3.8, 4) is 0 Å². The van der Waals surface area contributed by atoms with E-state index in [1.54, 1.807) is 0 Å². The fourth-order valence-corrected chi connectivity index (χ4v) is 7.87. The summed E-state index contributed by atoms with van der Waals surface area (Å²) in [7, 11) is 0. The zero-order valence-electron chi connectivity index (χ0n) is 38.5. The number of carbonyl (C=O) groups is 3. The topological polar surface area (TPSA) is 88.6 Å². The molecular formula is C48H93N3O6. The van der Waals surface area contributed by atoms with E-state index in [-0.39, 0.29) is 36.0 Å². The predicted molar refractivity (Wildman–Crippen MR) is 238 cm³/mol. The molecule has 1 saturated heterocycles. The van der Waals surface area contributed by atoms with Crippen molar-refractivity contribution < 1.29 is 28.6 Å². The molecule has 0 radical (unpaired) electrons. The molecule has 1 rings (SSSR count). The summed E-state index contributed by atoms with van der Waals surface area (Å²) in [6.45, 7) is 21.1. The summed E-state index contributed by atoms with van der Waals surface area (Å²) in [5.41, 5.74) is 0. The Balaban J connectivity index is 2.71. The van der Waals surface area contributed by atoms with Crippen molar-refractivity contribution in [2.75, 3.05) is 65.5 Å². The van der Waals surface area contributed by atoms with Gasteiger partial charge in [-0.3, -0.25) is 24.2 Å². The first kappa shape index (κ1) is 53.3. The summed E-state index contributed by atoms with van der Waals surface area (Å²) in [5.74, 6) is -0.193. The lowest BCUT2D eigenvalue weighted by Crippen LogP contribution is -2.49. The number of esters is 3. The molecule has 9 nitrogen and oxygen atoms in total. The molecule has 1 aliphatic rings. The third-order valence-corrected chi connectivity index (χ3v) is 11.9. The van der Waals surface area contributed by atoms with Crippen molar-refractivity contribution in [2.45, 2.75) is 221 Å². The summed E-state index contributed by atoms with van der Waals surface area (Å²) in [5, 5.41) is 0. The van der Waals surface area contributed by atoms with E-state index in [0.29, 0.717) is 32.5 Å². The van der Waals surface area contributed by atoms with Gasteiger partial charge < -0.3 is 19.1 Å². The van der Waals surface area contributed by atoms with Crippen LogP contribution in [0.2, 0.25) is 0 Å².